The summed E-state index contributed by atoms with van der Waals surface area (Å²) in [4.78, 5) is 36.6. The summed E-state index contributed by atoms with van der Waals surface area (Å²) in [6, 6.07) is 18.0. The lowest BCUT2D eigenvalue weighted by atomic mass is 10.2. The molecule has 29 heavy (non-hydrogen) atoms. The van der Waals surface area contributed by atoms with Crippen LogP contribution in [0.4, 0.5) is 11.4 Å². The van der Waals surface area contributed by atoms with E-state index >= 15 is 0 Å². The Kier molecular flexibility index (Phi) is 6.35. The van der Waals surface area contributed by atoms with E-state index in [0.29, 0.717) is 21.8 Å². The van der Waals surface area contributed by atoms with E-state index in [9.17, 15) is 14.4 Å². The maximum atomic E-state index is 12.1. The summed E-state index contributed by atoms with van der Waals surface area (Å²) in [6.07, 6.45) is 0. The molecule has 8 heteroatoms. The molecule has 1 heterocycles. The van der Waals surface area contributed by atoms with Crippen molar-refractivity contribution in [1.29, 1.82) is 5.26 Å². The Hall–Kier alpha value is -3.96. The van der Waals surface area contributed by atoms with Crippen molar-refractivity contribution in [2.45, 2.75) is 0 Å². The van der Waals surface area contributed by atoms with E-state index in [4.69, 9.17) is 10.00 Å². The first-order chi connectivity index (χ1) is 14.0. The fourth-order valence-electron chi connectivity index (χ4n) is 2.37. The van der Waals surface area contributed by atoms with Crippen LogP contribution in [-0.2, 0) is 9.53 Å². The van der Waals surface area contributed by atoms with Gasteiger partial charge in [0, 0.05) is 11.4 Å². The van der Waals surface area contributed by atoms with Crippen LogP contribution in [0.5, 0.6) is 0 Å². The lowest BCUT2D eigenvalue weighted by molar-refractivity contribution is -0.119. The molecule has 2 amide bonds. The van der Waals surface area contributed by atoms with Gasteiger partial charge in [0.25, 0.3) is 11.8 Å². The third-order valence-electron chi connectivity index (χ3n) is 3.73. The predicted molar refractivity (Wildman–Crippen MR) is 109 cm³/mol. The number of amides is 2. The van der Waals surface area contributed by atoms with Gasteiger partial charge in [-0.15, -0.1) is 11.3 Å². The number of anilines is 2. The van der Waals surface area contributed by atoms with Gasteiger partial charge in [-0.3, -0.25) is 9.59 Å². The highest BCUT2D eigenvalue weighted by Crippen LogP contribution is 2.15. The molecule has 0 saturated heterocycles. The van der Waals surface area contributed by atoms with Gasteiger partial charge >= 0.3 is 5.97 Å². The highest BCUT2D eigenvalue weighted by molar-refractivity contribution is 7.12. The Bertz CT molecular complexity index is 1070. The van der Waals surface area contributed by atoms with Gasteiger partial charge in [-0.05, 0) is 53.9 Å². The molecular formula is C21H15N3O4S. The Labute approximate surface area is 170 Å². The standard InChI is InChI=1S/C21H15N3O4S/c22-12-14-3-1-4-17(11-14)23-19(25)13-28-21(27)15-6-8-16(9-7-15)24-20(26)18-5-2-10-29-18/h1-11H,13H2,(H,23,25)(H,24,26). The molecule has 0 saturated carbocycles. The summed E-state index contributed by atoms with van der Waals surface area (Å²) in [6.45, 7) is -0.466. The number of thiophene rings is 1. The first-order valence-corrected chi connectivity index (χ1v) is 9.35. The van der Waals surface area contributed by atoms with E-state index in [-0.39, 0.29) is 11.5 Å². The summed E-state index contributed by atoms with van der Waals surface area (Å²) < 4.78 is 5.00. The summed E-state index contributed by atoms with van der Waals surface area (Å²) in [5.41, 5.74) is 1.63. The molecule has 0 unspecified atom stereocenters. The molecule has 3 aromatic rings. The van der Waals surface area contributed by atoms with Crippen molar-refractivity contribution in [1.82, 2.24) is 0 Å². The van der Waals surface area contributed by atoms with Gasteiger partial charge in [0.05, 0.1) is 22.1 Å². The van der Waals surface area contributed by atoms with E-state index in [2.05, 4.69) is 10.6 Å². The maximum absolute atomic E-state index is 12.1. The second-order valence-electron chi connectivity index (χ2n) is 5.83. The molecule has 7 nitrogen and oxygen atoms in total. The van der Waals surface area contributed by atoms with Crippen molar-refractivity contribution in [2.75, 3.05) is 17.2 Å². The monoisotopic (exact) mass is 405 g/mol. The topological polar surface area (TPSA) is 108 Å². The molecule has 0 bridgehead atoms. The van der Waals surface area contributed by atoms with E-state index < -0.39 is 18.5 Å². The largest absolute Gasteiger partial charge is 0.452 e. The molecule has 0 aliphatic rings. The van der Waals surface area contributed by atoms with Gasteiger partial charge in [0.2, 0.25) is 0 Å². The molecule has 2 aromatic carbocycles. The molecule has 0 fully saturated rings. The van der Waals surface area contributed by atoms with Crippen LogP contribution >= 0.6 is 11.3 Å². The van der Waals surface area contributed by atoms with Gasteiger partial charge in [-0.2, -0.15) is 5.26 Å². The normalized spacial score (nSPS) is 9.90. The van der Waals surface area contributed by atoms with Crippen molar-refractivity contribution < 1.29 is 19.1 Å². The number of hydrogen-bond donors (Lipinski definition) is 2. The second kappa shape index (κ2) is 9.30. The zero-order chi connectivity index (χ0) is 20.6. The van der Waals surface area contributed by atoms with Crippen molar-refractivity contribution in [3.05, 3.63) is 82.0 Å². The number of hydrogen-bond acceptors (Lipinski definition) is 6. The van der Waals surface area contributed by atoms with Gasteiger partial charge in [-0.1, -0.05) is 12.1 Å². The van der Waals surface area contributed by atoms with Crippen LogP contribution in [0.2, 0.25) is 0 Å². The van der Waals surface area contributed by atoms with Crippen LogP contribution < -0.4 is 10.6 Å². The Balaban J connectivity index is 1.50. The molecular weight excluding hydrogens is 390 g/mol. The molecule has 3 rings (SSSR count). The number of nitriles is 1. The van der Waals surface area contributed by atoms with Gasteiger partial charge in [0.15, 0.2) is 6.61 Å². The van der Waals surface area contributed by atoms with Crippen molar-refractivity contribution >= 4 is 40.5 Å². The van der Waals surface area contributed by atoms with Gasteiger partial charge in [-0.25, -0.2) is 4.79 Å². The van der Waals surface area contributed by atoms with E-state index in [1.807, 2.05) is 11.4 Å². The van der Waals surface area contributed by atoms with Crippen LogP contribution in [0.15, 0.2) is 66.0 Å². The Morgan fingerprint density at radius 3 is 2.45 bits per heavy atom. The minimum absolute atomic E-state index is 0.229. The highest BCUT2D eigenvalue weighted by atomic mass is 32.1. The number of carbonyl (C=O) groups is 3. The average Bonchev–Trinajstić information content (AvgIpc) is 3.28. The smallest absolute Gasteiger partial charge is 0.338 e. The molecule has 0 atom stereocenters. The minimum atomic E-state index is -0.665. The third kappa shape index (κ3) is 5.51. The van der Waals surface area contributed by atoms with Crippen molar-refractivity contribution in [3.63, 3.8) is 0 Å². The molecule has 0 aliphatic heterocycles. The summed E-state index contributed by atoms with van der Waals surface area (Å²) in [5.74, 6) is -1.41. The molecule has 2 N–H and O–H groups in total. The quantitative estimate of drug-likeness (QED) is 0.608. The molecule has 1 aromatic heterocycles. The van der Waals surface area contributed by atoms with E-state index in [1.165, 1.54) is 29.5 Å². The number of nitrogens with one attached hydrogen (secondary N) is 2. The first kappa shape index (κ1) is 19.8. The number of benzene rings is 2. The van der Waals surface area contributed by atoms with Crippen LogP contribution in [0, 0.1) is 11.3 Å². The highest BCUT2D eigenvalue weighted by Gasteiger charge is 2.12. The van der Waals surface area contributed by atoms with Crippen LogP contribution in [-0.4, -0.2) is 24.4 Å². The number of esters is 1. The van der Waals surface area contributed by atoms with E-state index in [0.717, 1.165) is 0 Å². The lowest BCUT2D eigenvalue weighted by Crippen LogP contribution is -2.21. The summed E-state index contributed by atoms with van der Waals surface area (Å²) in [7, 11) is 0. The molecule has 0 radical (unpaired) electrons. The zero-order valence-electron chi connectivity index (χ0n) is 15.0. The summed E-state index contributed by atoms with van der Waals surface area (Å²) >= 11 is 1.33. The average molecular weight is 405 g/mol. The van der Waals surface area contributed by atoms with Crippen molar-refractivity contribution in [2.24, 2.45) is 0 Å². The lowest BCUT2D eigenvalue weighted by Gasteiger charge is -2.08. The Morgan fingerprint density at radius 1 is 0.966 bits per heavy atom. The zero-order valence-corrected chi connectivity index (χ0v) is 15.9. The molecule has 0 aliphatic carbocycles. The summed E-state index contributed by atoms with van der Waals surface area (Å²) in [5, 5.41) is 16.0. The van der Waals surface area contributed by atoms with Crippen LogP contribution in [0.1, 0.15) is 25.6 Å². The SMILES string of the molecule is N#Cc1cccc(NC(=O)COC(=O)c2ccc(NC(=O)c3cccs3)cc2)c1. The van der Waals surface area contributed by atoms with Crippen LogP contribution in [0.3, 0.4) is 0 Å². The number of ether oxygens (including phenoxy) is 1. The third-order valence-corrected chi connectivity index (χ3v) is 4.60. The van der Waals surface area contributed by atoms with Gasteiger partial charge in [0.1, 0.15) is 0 Å². The molecule has 144 valence electrons. The van der Waals surface area contributed by atoms with Gasteiger partial charge < -0.3 is 15.4 Å². The van der Waals surface area contributed by atoms with Crippen molar-refractivity contribution in [3.8, 4) is 6.07 Å². The number of nitrogens with zero attached hydrogens (tertiary/aromatic N) is 1. The number of carbonyl (C=O) groups excluding carboxylic acids is 3. The van der Waals surface area contributed by atoms with Crippen LogP contribution in [0.25, 0.3) is 0 Å². The maximum Gasteiger partial charge on any atom is 0.338 e. The fraction of sp³-hybridized carbons (Fsp3) is 0.0476. The number of rotatable bonds is 6. The fourth-order valence-corrected chi connectivity index (χ4v) is 2.99. The minimum Gasteiger partial charge on any atom is -0.452 e. The predicted octanol–water partition coefficient (Wildman–Crippen LogP) is 3.67. The second-order valence-corrected chi connectivity index (χ2v) is 6.77. The van der Waals surface area contributed by atoms with E-state index in [1.54, 1.807) is 42.5 Å². The first-order valence-electron chi connectivity index (χ1n) is 8.47. The Morgan fingerprint density at radius 2 is 1.76 bits per heavy atom. The molecule has 0 spiro atoms.